The van der Waals surface area contributed by atoms with Gasteiger partial charge in [-0.05, 0) is 50.0 Å². The van der Waals surface area contributed by atoms with E-state index in [-0.39, 0.29) is 11.7 Å². The highest BCUT2D eigenvalue weighted by molar-refractivity contribution is 6.42. The first-order chi connectivity index (χ1) is 9.95. The third-order valence-electron chi connectivity index (χ3n) is 3.81. The number of benzene rings is 1. The quantitative estimate of drug-likeness (QED) is 0.845. The fraction of sp³-hybridized carbons (Fsp3) is 0.467. The number of ketones is 1. The zero-order valence-electron chi connectivity index (χ0n) is 11.6. The van der Waals surface area contributed by atoms with E-state index in [2.05, 4.69) is 4.90 Å². The van der Waals surface area contributed by atoms with Crippen molar-refractivity contribution in [2.45, 2.75) is 19.3 Å². The number of halogens is 2. The van der Waals surface area contributed by atoms with Gasteiger partial charge in [-0.15, -0.1) is 0 Å². The molecule has 6 heteroatoms. The number of rotatable bonds is 5. The molecule has 0 aromatic heterocycles. The van der Waals surface area contributed by atoms with Gasteiger partial charge in [0.05, 0.1) is 16.6 Å². The number of hydrogen-bond acceptors (Lipinski definition) is 3. The lowest BCUT2D eigenvalue weighted by molar-refractivity contribution is -0.119. The van der Waals surface area contributed by atoms with Crippen LogP contribution in [0.5, 0.6) is 0 Å². The maximum Gasteiger partial charge on any atom is 0.217 e. The van der Waals surface area contributed by atoms with Gasteiger partial charge < -0.3 is 5.73 Å². The van der Waals surface area contributed by atoms with Crippen LogP contribution in [0.15, 0.2) is 18.2 Å². The Balaban J connectivity index is 1.86. The SMILES string of the molecule is NC(=O)CC1CCN(CC(=O)c2ccc(Cl)c(Cl)c2)CC1. The molecule has 0 unspecified atom stereocenters. The molecule has 0 atom stereocenters. The summed E-state index contributed by atoms with van der Waals surface area (Å²) in [6.07, 6.45) is 2.24. The van der Waals surface area contributed by atoms with Gasteiger partial charge in [-0.25, -0.2) is 0 Å². The van der Waals surface area contributed by atoms with Crippen LogP contribution >= 0.6 is 23.2 Å². The first-order valence-electron chi connectivity index (χ1n) is 6.94. The molecule has 2 N–H and O–H groups in total. The molecule has 2 rings (SSSR count). The number of hydrogen-bond donors (Lipinski definition) is 1. The van der Waals surface area contributed by atoms with E-state index in [0.29, 0.717) is 34.5 Å². The van der Waals surface area contributed by atoms with Crippen LogP contribution in [0.4, 0.5) is 0 Å². The highest BCUT2D eigenvalue weighted by Crippen LogP contribution is 2.24. The molecule has 4 nitrogen and oxygen atoms in total. The molecule has 1 saturated heterocycles. The fourth-order valence-corrected chi connectivity index (χ4v) is 2.90. The number of likely N-dealkylation sites (tertiary alicyclic amines) is 1. The Morgan fingerprint density at radius 2 is 1.86 bits per heavy atom. The molecule has 0 aliphatic carbocycles. The first kappa shape index (κ1) is 16.3. The smallest absolute Gasteiger partial charge is 0.217 e. The van der Waals surface area contributed by atoms with Crippen LogP contribution in [0.3, 0.4) is 0 Å². The van der Waals surface area contributed by atoms with Gasteiger partial charge in [-0.3, -0.25) is 14.5 Å². The van der Waals surface area contributed by atoms with E-state index in [4.69, 9.17) is 28.9 Å². The lowest BCUT2D eigenvalue weighted by atomic mass is 9.93. The van der Waals surface area contributed by atoms with Crippen molar-refractivity contribution in [3.8, 4) is 0 Å². The van der Waals surface area contributed by atoms with E-state index in [1.54, 1.807) is 18.2 Å². The Morgan fingerprint density at radius 3 is 2.43 bits per heavy atom. The standard InChI is InChI=1S/C15H18Cl2N2O2/c16-12-2-1-11(8-13(12)17)14(20)9-19-5-3-10(4-6-19)7-15(18)21/h1-2,8,10H,3-7,9H2,(H2,18,21). The lowest BCUT2D eigenvalue weighted by Crippen LogP contribution is -2.38. The van der Waals surface area contributed by atoms with Crippen molar-refractivity contribution in [2.24, 2.45) is 11.7 Å². The van der Waals surface area contributed by atoms with Gasteiger partial charge in [0.25, 0.3) is 0 Å². The maximum atomic E-state index is 12.2. The van der Waals surface area contributed by atoms with Crippen molar-refractivity contribution in [3.05, 3.63) is 33.8 Å². The van der Waals surface area contributed by atoms with Gasteiger partial charge in [-0.1, -0.05) is 23.2 Å². The molecule has 0 radical (unpaired) electrons. The summed E-state index contributed by atoms with van der Waals surface area (Å²) in [5.74, 6) is 0.126. The number of carbonyl (C=O) groups excluding carboxylic acids is 2. The number of primary amides is 1. The Kier molecular flexibility index (Phi) is 5.62. The molecular weight excluding hydrogens is 311 g/mol. The third-order valence-corrected chi connectivity index (χ3v) is 4.54. The molecule has 21 heavy (non-hydrogen) atoms. The van der Waals surface area contributed by atoms with Crippen molar-refractivity contribution in [1.82, 2.24) is 4.90 Å². The number of nitrogens with two attached hydrogens (primary N) is 1. The molecule has 1 aromatic carbocycles. The summed E-state index contributed by atoms with van der Waals surface area (Å²) in [7, 11) is 0. The summed E-state index contributed by atoms with van der Waals surface area (Å²) in [6.45, 7) is 1.98. The van der Waals surface area contributed by atoms with Crippen molar-refractivity contribution in [1.29, 1.82) is 0 Å². The monoisotopic (exact) mass is 328 g/mol. The predicted octanol–water partition coefficient (Wildman–Crippen LogP) is 2.76. The highest BCUT2D eigenvalue weighted by atomic mass is 35.5. The minimum absolute atomic E-state index is 0.0296. The minimum Gasteiger partial charge on any atom is -0.370 e. The summed E-state index contributed by atoms with van der Waals surface area (Å²) in [4.78, 5) is 25.2. The third kappa shape index (κ3) is 4.70. The summed E-state index contributed by atoms with van der Waals surface area (Å²) in [6, 6.07) is 4.93. The second kappa shape index (κ2) is 7.25. The predicted molar refractivity (Wildman–Crippen MR) is 83.8 cm³/mol. The highest BCUT2D eigenvalue weighted by Gasteiger charge is 2.22. The van der Waals surface area contributed by atoms with Gasteiger partial charge in [0.1, 0.15) is 0 Å². The fourth-order valence-electron chi connectivity index (χ4n) is 2.60. The number of nitrogens with zero attached hydrogens (tertiary/aromatic N) is 1. The normalized spacial score (nSPS) is 16.9. The Bertz CT molecular complexity index is 540. The largest absolute Gasteiger partial charge is 0.370 e. The molecule has 1 amide bonds. The molecule has 1 heterocycles. The van der Waals surface area contributed by atoms with E-state index in [1.807, 2.05) is 0 Å². The topological polar surface area (TPSA) is 63.4 Å². The van der Waals surface area contributed by atoms with Gasteiger partial charge in [0.15, 0.2) is 5.78 Å². The van der Waals surface area contributed by atoms with Gasteiger partial charge in [0, 0.05) is 12.0 Å². The van der Waals surface area contributed by atoms with Crippen LogP contribution in [0.2, 0.25) is 10.0 Å². The molecule has 0 bridgehead atoms. The van der Waals surface area contributed by atoms with Gasteiger partial charge >= 0.3 is 0 Å². The summed E-state index contributed by atoms with van der Waals surface area (Å²) < 4.78 is 0. The molecule has 114 valence electrons. The average Bonchev–Trinajstić information content (AvgIpc) is 2.43. The van der Waals surface area contributed by atoms with Crippen molar-refractivity contribution < 1.29 is 9.59 Å². The first-order valence-corrected chi connectivity index (χ1v) is 7.70. The van der Waals surface area contributed by atoms with Crippen LogP contribution in [0.25, 0.3) is 0 Å². The summed E-state index contributed by atoms with van der Waals surface area (Å²) in [5.41, 5.74) is 5.78. The molecule has 0 spiro atoms. The second-order valence-electron chi connectivity index (χ2n) is 5.44. The maximum absolute atomic E-state index is 12.2. The molecule has 1 aliphatic heterocycles. The number of amides is 1. The van der Waals surface area contributed by atoms with Crippen LogP contribution in [0, 0.1) is 5.92 Å². The minimum atomic E-state index is -0.250. The second-order valence-corrected chi connectivity index (χ2v) is 6.26. The van der Waals surface area contributed by atoms with Crippen LogP contribution in [0.1, 0.15) is 29.6 Å². The van der Waals surface area contributed by atoms with E-state index in [1.165, 1.54) is 0 Å². The molecule has 1 aromatic rings. The Labute approximate surface area is 134 Å². The van der Waals surface area contributed by atoms with Crippen LogP contribution in [-0.2, 0) is 4.79 Å². The van der Waals surface area contributed by atoms with E-state index >= 15 is 0 Å². The number of Topliss-reactive ketones (excluding diaryl/α,β-unsaturated/α-hetero) is 1. The van der Waals surface area contributed by atoms with E-state index in [9.17, 15) is 9.59 Å². The summed E-state index contributed by atoms with van der Waals surface area (Å²) >= 11 is 11.8. The number of piperidine rings is 1. The zero-order valence-corrected chi connectivity index (χ0v) is 13.2. The van der Waals surface area contributed by atoms with E-state index in [0.717, 1.165) is 25.9 Å². The van der Waals surface area contributed by atoms with Crippen LogP contribution < -0.4 is 5.73 Å². The Morgan fingerprint density at radius 1 is 1.19 bits per heavy atom. The van der Waals surface area contributed by atoms with Gasteiger partial charge in [-0.2, -0.15) is 0 Å². The molecule has 1 aliphatic rings. The Hall–Kier alpha value is -1.10. The van der Waals surface area contributed by atoms with Crippen molar-refractivity contribution in [2.75, 3.05) is 19.6 Å². The summed E-state index contributed by atoms with van der Waals surface area (Å²) in [5, 5.41) is 0.836. The van der Waals surface area contributed by atoms with Crippen molar-refractivity contribution in [3.63, 3.8) is 0 Å². The molecule has 1 fully saturated rings. The lowest BCUT2D eigenvalue weighted by Gasteiger charge is -2.30. The van der Waals surface area contributed by atoms with Gasteiger partial charge in [0.2, 0.25) is 5.91 Å². The van der Waals surface area contributed by atoms with Crippen molar-refractivity contribution >= 4 is 34.9 Å². The van der Waals surface area contributed by atoms with Crippen LogP contribution in [-0.4, -0.2) is 36.2 Å². The molecule has 0 saturated carbocycles. The molecular formula is C15H18Cl2N2O2. The zero-order chi connectivity index (χ0) is 15.4. The average molecular weight is 329 g/mol. The number of carbonyl (C=O) groups is 2. The van der Waals surface area contributed by atoms with E-state index < -0.39 is 0 Å².